The number of carboxylic acid groups (broad SMARTS) is 1. The molecule has 5 heteroatoms. The molecule has 1 fully saturated rings. The Morgan fingerprint density at radius 1 is 1.38 bits per heavy atom. The van der Waals surface area contributed by atoms with E-state index in [2.05, 4.69) is 28.7 Å². The summed E-state index contributed by atoms with van der Waals surface area (Å²) in [4.78, 5) is 20.9. The Hall–Kier alpha value is -1.65. The second kappa shape index (κ2) is 4.08. The van der Waals surface area contributed by atoms with Crippen LogP contribution in [0.15, 0.2) is 12.4 Å². The van der Waals surface area contributed by atoms with Gasteiger partial charge < -0.3 is 10.0 Å². The molecule has 1 aromatic rings. The summed E-state index contributed by atoms with van der Waals surface area (Å²) in [7, 11) is 0. The zero-order valence-corrected chi connectivity index (χ0v) is 9.42. The van der Waals surface area contributed by atoms with Crippen LogP contribution >= 0.6 is 0 Å². The molecule has 0 bridgehead atoms. The van der Waals surface area contributed by atoms with Crippen LogP contribution in [-0.4, -0.2) is 34.1 Å². The average Bonchev–Trinajstić information content (AvgIpc) is 2.59. The maximum atomic E-state index is 10.8. The normalized spacial score (nSPS) is 24.8. The number of anilines is 1. The Morgan fingerprint density at radius 3 is 2.56 bits per heavy atom. The van der Waals surface area contributed by atoms with E-state index in [4.69, 9.17) is 5.11 Å². The van der Waals surface area contributed by atoms with E-state index in [9.17, 15) is 4.79 Å². The largest absolute Gasteiger partial charge is 0.476 e. The first kappa shape index (κ1) is 10.9. The van der Waals surface area contributed by atoms with Crippen LogP contribution in [0.4, 0.5) is 5.82 Å². The summed E-state index contributed by atoms with van der Waals surface area (Å²) >= 11 is 0. The molecule has 0 radical (unpaired) electrons. The minimum absolute atomic E-state index is 0.00436. The van der Waals surface area contributed by atoms with E-state index >= 15 is 0 Å². The van der Waals surface area contributed by atoms with Gasteiger partial charge in [-0.3, -0.25) is 4.98 Å². The summed E-state index contributed by atoms with van der Waals surface area (Å²) in [6.07, 6.45) is 2.89. The predicted octanol–water partition coefficient (Wildman–Crippen LogP) is 1.27. The van der Waals surface area contributed by atoms with E-state index in [0.29, 0.717) is 17.7 Å². The second-order valence-electron chi connectivity index (χ2n) is 4.43. The lowest BCUT2D eigenvalue weighted by atomic mass is 10.0. The Kier molecular flexibility index (Phi) is 2.77. The van der Waals surface area contributed by atoms with Crippen molar-refractivity contribution in [2.24, 2.45) is 11.8 Å². The number of nitrogens with zero attached hydrogens (tertiary/aromatic N) is 3. The molecule has 2 unspecified atom stereocenters. The molecular weight excluding hydrogens is 206 g/mol. The third kappa shape index (κ3) is 1.98. The maximum Gasteiger partial charge on any atom is 0.356 e. The molecular formula is C11H15N3O2. The minimum Gasteiger partial charge on any atom is -0.476 e. The maximum absolute atomic E-state index is 10.8. The van der Waals surface area contributed by atoms with Crippen molar-refractivity contribution in [2.75, 3.05) is 18.0 Å². The lowest BCUT2D eigenvalue weighted by molar-refractivity contribution is 0.0690. The van der Waals surface area contributed by atoms with Crippen LogP contribution in [0.5, 0.6) is 0 Å². The molecule has 1 aliphatic heterocycles. The first-order valence-corrected chi connectivity index (χ1v) is 5.38. The summed E-state index contributed by atoms with van der Waals surface area (Å²) in [5.41, 5.74) is 0.00436. The highest BCUT2D eigenvalue weighted by Gasteiger charge is 2.27. The van der Waals surface area contributed by atoms with Crippen molar-refractivity contribution >= 4 is 11.8 Å². The number of aromatic nitrogens is 2. The minimum atomic E-state index is -1.03. The van der Waals surface area contributed by atoms with Crippen molar-refractivity contribution < 1.29 is 9.90 Å². The van der Waals surface area contributed by atoms with Gasteiger partial charge in [-0.05, 0) is 11.8 Å². The smallest absolute Gasteiger partial charge is 0.356 e. The Bertz CT molecular complexity index is 398. The molecule has 1 aromatic heterocycles. The third-order valence-electron chi connectivity index (χ3n) is 3.15. The van der Waals surface area contributed by atoms with E-state index < -0.39 is 5.97 Å². The van der Waals surface area contributed by atoms with Crippen molar-refractivity contribution in [2.45, 2.75) is 13.8 Å². The number of hydrogen-bond acceptors (Lipinski definition) is 4. The molecule has 0 amide bonds. The lowest BCUT2D eigenvalue weighted by Crippen LogP contribution is -2.21. The van der Waals surface area contributed by atoms with Gasteiger partial charge in [0.2, 0.25) is 0 Å². The summed E-state index contributed by atoms with van der Waals surface area (Å²) < 4.78 is 0. The van der Waals surface area contributed by atoms with Crippen LogP contribution in [0, 0.1) is 11.8 Å². The summed E-state index contributed by atoms with van der Waals surface area (Å²) in [6, 6.07) is 0. The fourth-order valence-corrected chi connectivity index (χ4v) is 1.93. The van der Waals surface area contributed by atoms with Crippen molar-refractivity contribution in [3.8, 4) is 0 Å². The van der Waals surface area contributed by atoms with Gasteiger partial charge in [0.1, 0.15) is 5.82 Å². The summed E-state index contributed by atoms with van der Waals surface area (Å²) in [5, 5.41) is 8.84. The fraction of sp³-hybridized carbons (Fsp3) is 0.545. The molecule has 16 heavy (non-hydrogen) atoms. The van der Waals surface area contributed by atoms with Gasteiger partial charge in [-0.25, -0.2) is 9.78 Å². The topological polar surface area (TPSA) is 66.3 Å². The quantitative estimate of drug-likeness (QED) is 0.814. The SMILES string of the molecule is CC1CN(c2cncc(C(=O)O)n2)CC1C. The Labute approximate surface area is 94.1 Å². The number of carboxylic acids is 1. The van der Waals surface area contributed by atoms with Gasteiger partial charge in [-0.2, -0.15) is 0 Å². The van der Waals surface area contributed by atoms with Crippen molar-refractivity contribution in [3.05, 3.63) is 18.1 Å². The zero-order chi connectivity index (χ0) is 11.7. The average molecular weight is 221 g/mol. The summed E-state index contributed by atoms with van der Waals surface area (Å²) in [6.45, 7) is 6.22. The molecule has 1 N–H and O–H groups in total. The van der Waals surface area contributed by atoms with E-state index in [1.807, 2.05) is 0 Å². The molecule has 0 spiro atoms. The second-order valence-corrected chi connectivity index (χ2v) is 4.43. The van der Waals surface area contributed by atoms with Gasteiger partial charge in [0, 0.05) is 13.1 Å². The van der Waals surface area contributed by atoms with E-state index in [1.165, 1.54) is 6.20 Å². The number of rotatable bonds is 2. The van der Waals surface area contributed by atoms with Gasteiger partial charge in [-0.15, -0.1) is 0 Å². The fourth-order valence-electron chi connectivity index (χ4n) is 1.93. The highest BCUT2D eigenvalue weighted by atomic mass is 16.4. The number of aromatic carboxylic acids is 1. The van der Waals surface area contributed by atoms with E-state index in [0.717, 1.165) is 13.1 Å². The first-order chi connectivity index (χ1) is 7.58. The zero-order valence-electron chi connectivity index (χ0n) is 9.42. The standard InChI is InChI=1S/C11H15N3O2/c1-7-5-14(6-8(7)2)10-4-12-3-9(13-10)11(15)16/h3-4,7-8H,5-6H2,1-2H3,(H,15,16). The monoisotopic (exact) mass is 221 g/mol. The van der Waals surface area contributed by atoms with Gasteiger partial charge in [0.15, 0.2) is 5.69 Å². The van der Waals surface area contributed by atoms with Gasteiger partial charge in [0.05, 0.1) is 12.4 Å². The van der Waals surface area contributed by atoms with E-state index in [1.54, 1.807) is 6.20 Å². The Balaban J connectivity index is 2.21. The van der Waals surface area contributed by atoms with Crippen LogP contribution < -0.4 is 4.90 Å². The lowest BCUT2D eigenvalue weighted by Gasteiger charge is -2.16. The third-order valence-corrected chi connectivity index (χ3v) is 3.15. The predicted molar refractivity (Wildman–Crippen MR) is 59.5 cm³/mol. The highest BCUT2D eigenvalue weighted by Crippen LogP contribution is 2.25. The molecule has 0 saturated carbocycles. The van der Waals surface area contributed by atoms with Crippen LogP contribution in [0.3, 0.4) is 0 Å². The summed E-state index contributed by atoms with van der Waals surface area (Å²) in [5.74, 6) is 0.844. The molecule has 1 saturated heterocycles. The van der Waals surface area contributed by atoms with Crippen molar-refractivity contribution in [1.82, 2.24) is 9.97 Å². The van der Waals surface area contributed by atoms with Crippen molar-refractivity contribution in [1.29, 1.82) is 0 Å². The molecule has 0 aliphatic carbocycles. The molecule has 86 valence electrons. The van der Waals surface area contributed by atoms with Crippen LogP contribution in [0.1, 0.15) is 24.3 Å². The van der Waals surface area contributed by atoms with Crippen LogP contribution in [0.25, 0.3) is 0 Å². The molecule has 2 rings (SSSR count). The molecule has 0 aromatic carbocycles. The van der Waals surface area contributed by atoms with Gasteiger partial charge >= 0.3 is 5.97 Å². The Morgan fingerprint density at radius 2 is 2.00 bits per heavy atom. The molecule has 2 atom stereocenters. The molecule has 1 aliphatic rings. The first-order valence-electron chi connectivity index (χ1n) is 5.38. The molecule has 5 nitrogen and oxygen atoms in total. The number of hydrogen-bond donors (Lipinski definition) is 1. The van der Waals surface area contributed by atoms with E-state index in [-0.39, 0.29) is 5.69 Å². The van der Waals surface area contributed by atoms with Crippen molar-refractivity contribution in [3.63, 3.8) is 0 Å². The highest BCUT2D eigenvalue weighted by molar-refractivity contribution is 5.85. The van der Waals surface area contributed by atoms with Crippen LogP contribution in [0.2, 0.25) is 0 Å². The number of carbonyl (C=O) groups is 1. The molecule has 2 heterocycles. The van der Waals surface area contributed by atoms with Gasteiger partial charge in [-0.1, -0.05) is 13.8 Å². The van der Waals surface area contributed by atoms with Gasteiger partial charge in [0.25, 0.3) is 0 Å². The van der Waals surface area contributed by atoms with Crippen LogP contribution in [-0.2, 0) is 0 Å².